The highest BCUT2D eigenvalue weighted by atomic mass is 16.5. The maximum absolute atomic E-state index is 5.35. The van der Waals surface area contributed by atoms with Crippen LogP contribution in [-0.4, -0.2) is 11.7 Å². The zero-order valence-electron chi connectivity index (χ0n) is 15.8. The number of rotatable bonds is 5. The third-order valence-electron chi connectivity index (χ3n) is 4.79. The van der Waals surface area contributed by atoms with E-state index >= 15 is 0 Å². The first kappa shape index (κ1) is 17.3. The second kappa shape index (κ2) is 7.14. The van der Waals surface area contributed by atoms with E-state index in [9.17, 15) is 0 Å². The topological polar surface area (TPSA) is 29.3 Å². The van der Waals surface area contributed by atoms with Gasteiger partial charge in [-0.3, -0.25) is 0 Å². The molecule has 3 heteroatoms. The molecule has 0 atom stereocenters. The van der Waals surface area contributed by atoms with E-state index in [1.54, 1.807) is 0 Å². The van der Waals surface area contributed by atoms with Crippen molar-refractivity contribution in [1.29, 1.82) is 0 Å². The van der Waals surface area contributed by atoms with Gasteiger partial charge in [0.05, 0.1) is 5.69 Å². The minimum absolute atomic E-state index is 0.864. The van der Waals surface area contributed by atoms with E-state index < -0.39 is 0 Å². The van der Waals surface area contributed by atoms with Crippen LogP contribution in [0.4, 0.5) is 11.4 Å². The highest BCUT2D eigenvalue weighted by Gasteiger charge is 2.15. The van der Waals surface area contributed by atoms with E-state index in [1.165, 1.54) is 22.5 Å². The summed E-state index contributed by atoms with van der Waals surface area (Å²) >= 11 is 0. The highest BCUT2D eigenvalue weighted by molar-refractivity contribution is 5.76. The lowest BCUT2D eigenvalue weighted by molar-refractivity contribution is 0.393. The van der Waals surface area contributed by atoms with Crippen molar-refractivity contribution >= 4 is 11.4 Å². The standard InChI is InChI=1S/C22H26N2O/c1-6-18-9-12-20(13-10-18)24(7-2)21-14-19(11-8-15(21)3)22-16(4)23-25-17(22)5/h8-14H,6-7H2,1-5H3. The highest BCUT2D eigenvalue weighted by Crippen LogP contribution is 2.34. The van der Waals surface area contributed by atoms with Gasteiger partial charge < -0.3 is 9.42 Å². The molecule has 3 aromatic rings. The van der Waals surface area contributed by atoms with Crippen LogP contribution in [0, 0.1) is 20.8 Å². The van der Waals surface area contributed by atoms with Crippen molar-refractivity contribution in [2.45, 2.75) is 41.0 Å². The first-order valence-electron chi connectivity index (χ1n) is 8.95. The van der Waals surface area contributed by atoms with Crippen LogP contribution in [0.3, 0.4) is 0 Å². The van der Waals surface area contributed by atoms with Crippen molar-refractivity contribution in [3.8, 4) is 11.1 Å². The second-order valence-electron chi connectivity index (χ2n) is 6.46. The molecule has 0 aliphatic heterocycles. The molecule has 1 heterocycles. The fourth-order valence-electron chi connectivity index (χ4n) is 3.35. The molecule has 0 saturated heterocycles. The van der Waals surface area contributed by atoms with Crippen LogP contribution < -0.4 is 4.90 Å². The molecule has 1 aromatic heterocycles. The Morgan fingerprint density at radius 1 is 0.960 bits per heavy atom. The molecule has 3 rings (SSSR count). The van der Waals surface area contributed by atoms with Crippen molar-refractivity contribution in [2.75, 3.05) is 11.4 Å². The average Bonchev–Trinajstić information content (AvgIpc) is 2.96. The minimum atomic E-state index is 0.864. The van der Waals surface area contributed by atoms with Crippen LogP contribution in [-0.2, 0) is 6.42 Å². The van der Waals surface area contributed by atoms with Gasteiger partial charge in [-0.05, 0) is 69.0 Å². The van der Waals surface area contributed by atoms with E-state index in [0.717, 1.165) is 35.5 Å². The Bertz CT molecular complexity index is 843. The van der Waals surface area contributed by atoms with Gasteiger partial charge in [-0.25, -0.2) is 0 Å². The molecule has 0 aliphatic rings. The molecule has 130 valence electrons. The number of aromatic nitrogens is 1. The third-order valence-corrected chi connectivity index (χ3v) is 4.79. The fourth-order valence-corrected chi connectivity index (χ4v) is 3.35. The second-order valence-corrected chi connectivity index (χ2v) is 6.46. The van der Waals surface area contributed by atoms with E-state index in [1.807, 2.05) is 13.8 Å². The molecule has 0 bridgehead atoms. The van der Waals surface area contributed by atoms with Crippen LogP contribution >= 0.6 is 0 Å². The van der Waals surface area contributed by atoms with Crippen LogP contribution in [0.2, 0.25) is 0 Å². The van der Waals surface area contributed by atoms with Crippen molar-refractivity contribution < 1.29 is 4.52 Å². The van der Waals surface area contributed by atoms with E-state index in [2.05, 4.69) is 73.3 Å². The Labute approximate surface area is 150 Å². The molecule has 0 fully saturated rings. The van der Waals surface area contributed by atoms with Gasteiger partial charge in [-0.15, -0.1) is 0 Å². The van der Waals surface area contributed by atoms with Gasteiger partial charge in [0.25, 0.3) is 0 Å². The summed E-state index contributed by atoms with van der Waals surface area (Å²) in [4.78, 5) is 2.36. The van der Waals surface area contributed by atoms with Gasteiger partial charge in [0.1, 0.15) is 5.76 Å². The number of hydrogen-bond acceptors (Lipinski definition) is 3. The Balaban J connectivity index is 2.06. The maximum atomic E-state index is 5.35. The van der Waals surface area contributed by atoms with Crippen LogP contribution in [0.5, 0.6) is 0 Å². The normalized spacial score (nSPS) is 10.9. The number of nitrogens with zero attached hydrogens (tertiary/aromatic N) is 2. The summed E-state index contributed by atoms with van der Waals surface area (Å²) in [5.74, 6) is 0.864. The zero-order valence-corrected chi connectivity index (χ0v) is 15.8. The van der Waals surface area contributed by atoms with Crippen LogP contribution in [0.15, 0.2) is 47.0 Å². The molecule has 2 aromatic carbocycles. The summed E-state index contributed by atoms with van der Waals surface area (Å²) in [5, 5.41) is 4.10. The first-order chi connectivity index (χ1) is 12.0. The monoisotopic (exact) mass is 334 g/mol. The molecule has 0 saturated carbocycles. The Kier molecular flexibility index (Phi) is 4.93. The molecule has 0 aliphatic carbocycles. The smallest absolute Gasteiger partial charge is 0.141 e. The Hall–Kier alpha value is -2.55. The van der Waals surface area contributed by atoms with Crippen molar-refractivity contribution in [2.24, 2.45) is 0 Å². The SMILES string of the molecule is CCc1ccc(N(CC)c2cc(-c3c(C)noc3C)ccc2C)cc1. The van der Waals surface area contributed by atoms with Gasteiger partial charge in [-0.1, -0.05) is 36.3 Å². The van der Waals surface area contributed by atoms with Gasteiger partial charge >= 0.3 is 0 Å². The van der Waals surface area contributed by atoms with Crippen molar-refractivity contribution in [3.05, 3.63) is 65.0 Å². The summed E-state index contributed by atoms with van der Waals surface area (Å²) in [6.07, 6.45) is 1.06. The average molecular weight is 334 g/mol. The fraction of sp³-hybridized carbons (Fsp3) is 0.318. The summed E-state index contributed by atoms with van der Waals surface area (Å²) < 4.78 is 5.35. The van der Waals surface area contributed by atoms with Gasteiger partial charge in [0.15, 0.2) is 0 Å². The number of aryl methyl sites for hydroxylation is 4. The molecule has 0 spiro atoms. The summed E-state index contributed by atoms with van der Waals surface area (Å²) in [6, 6.07) is 15.4. The summed E-state index contributed by atoms with van der Waals surface area (Å²) in [5.41, 5.74) is 8.25. The molecule has 3 nitrogen and oxygen atoms in total. The van der Waals surface area contributed by atoms with Crippen LogP contribution in [0.25, 0.3) is 11.1 Å². The lowest BCUT2D eigenvalue weighted by Gasteiger charge is -2.26. The third kappa shape index (κ3) is 3.32. The van der Waals surface area contributed by atoms with E-state index in [0.29, 0.717) is 0 Å². The lowest BCUT2D eigenvalue weighted by atomic mass is 10.0. The van der Waals surface area contributed by atoms with E-state index in [4.69, 9.17) is 4.52 Å². The number of hydrogen-bond donors (Lipinski definition) is 0. The van der Waals surface area contributed by atoms with E-state index in [-0.39, 0.29) is 0 Å². The predicted molar refractivity (Wildman–Crippen MR) is 105 cm³/mol. The lowest BCUT2D eigenvalue weighted by Crippen LogP contribution is -2.17. The predicted octanol–water partition coefficient (Wildman–Crippen LogP) is 5.99. The minimum Gasteiger partial charge on any atom is -0.361 e. The summed E-state index contributed by atoms with van der Waals surface area (Å²) in [7, 11) is 0. The Morgan fingerprint density at radius 3 is 2.24 bits per heavy atom. The number of anilines is 2. The zero-order chi connectivity index (χ0) is 18.0. The molecular weight excluding hydrogens is 308 g/mol. The number of benzene rings is 2. The molecule has 0 amide bonds. The molecule has 0 radical (unpaired) electrons. The quantitative estimate of drug-likeness (QED) is 0.574. The maximum Gasteiger partial charge on any atom is 0.141 e. The molecule has 0 unspecified atom stereocenters. The van der Waals surface area contributed by atoms with Crippen molar-refractivity contribution in [3.63, 3.8) is 0 Å². The van der Waals surface area contributed by atoms with Gasteiger partial charge in [0, 0.05) is 23.5 Å². The van der Waals surface area contributed by atoms with Gasteiger partial charge in [-0.2, -0.15) is 0 Å². The largest absolute Gasteiger partial charge is 0.361 e. The van der Waals surface area contributed by atoms with Gasteiger partial charge in [0.2, 0.25) is 0 Å². The molecule has 0 N–H and O–H groups in total. The molecular formula is C22H26N2O. The van der Waals surface area contributed by atoms with Crippen molar-refractivity contribution in [1.82, 2.24) is 5.16 Å². The first-order valence-corrected chi connectivity index (χ1v) is 8.95. The Morgan fingerprint density at radius 2 is 1.68 bits per heavy atom. The van der Waals surface area contributed by atoms with Crippen LogP contribution in [0.1, 0.15) is 36.4 Å². The summed E-state index contributed by atoms with van der Waals surface area (Å²) in [6.45, 7) is 11.4. The molecule has 25 heavy (non-hydrogen) atoms.